The van der Waals surface area contributed by atoms with Crippen molar-refractivity contribution in [3.8, 4) is 0 Å². The van der Waals surface area contributed by atoms with E-state index in [-0.39, 0.29) is 36.2 Å². The number of hydrogen-bond donors (Lipinski definition) is 0. The molecule has 0 N–H and O–H groups in total. The van der Waals surface area contributed by atoms with Gasteiger partial charge in [0.05, 0.1) is 13.2 Å². The number of ketones is 1. The van der Waals surface area contributed by atoms with Crippen LogP contribution in [0.2, 0.25) is 0 Å². The molecule has 2 rings (SSSR count). The van der Waals surface area contributed by atoms with Crippen molar-refractivity contribution in [3.63, 3.8) is 0 Å². The zero-order chi connectivity index (χ0) is 16.6. The molecule has 2 aliphatic rings. The predicted molar refractivity (Wildman–Crippen MR) is 87.9 cm³/mol. The first-order valence-electron chi connectivity index (χ1n) is 8.05. The first kappa shape index (κ1) is 17.7. The van der Waals surface area contributed by atoms with E-state index in [0.29, 0.717) is 6.42 Å². The summed E-state index contributed by atoms with van der Waals surface area (Å²) in [5.41, 5.74) is -0.239. The van der Waals surface area contributed by atoms with Gasteiger partial charge in [-0.25, -0.2) is 0 Å². The Morgan fingerprint density at radius 2 is 1.86 bits per heavy atom. The van der Waals surface area contributed by atoms with Crippen LogP contribution in [-0.2, 0) is 18.4 Å². The van der Waals surface area contributed by atoms with E-state index < -0.39 is 12.8 Å². The van der Waals surface area contributed by atoms with E-state index in [1.54, 1.807) is 19.9 Å². The maximum Gasteiger partial charge on any atom is 0.345 e. The smallest absolute Gasteiger partial charge is 0.308 e. The van der Waals surface area contributed by atoms with Crippen molar-refractivity contribution in [1.29, 1.82) is 0 Å². The second-order valence-electron chi connectivity index (χ2n) is 6.68. The molecule has 0 heterocycles. The molecule has 0 saturated heterocycles. The molecule has 3 atom stereocenters. The van der Waals surface area contributed by atoms with Crippen molar-refractivity contribution in [1.82, 2.24) is 0 Å². The molecule has 0 aromatic carbocycles. The van der Waals surface area contributed by atoms with Gasteiger partial charge < -0.3 is 9.05 Å². The van der Waals surface area contributed by atoms with E-state index in [0.717, 1.165) is 0 Å². The van der Waals surface area contributed by atoms with Crippen LogP contribution in [0.1, 0.15) is 41.0 Å². The Morgan fingerprint density at radius 1 is 1.27 bits per heavy atom. The Bertz CT molecular complexity index is 539. The number of rotatable bonds is 5. The summed E-state index contributed by atoms with van der Waals surface area (Å²) >= 11 is 0. The summed E-state index contributed by atoms with van der Waals surface area (Å²) in [7, 11) is -3.59. The van der Waals surface area contributed by atoms with Gasteiger partial charge in [0.1, 0.15) is 5.16 Å². The SMILES string of the molecule is CCOP(=O)(OCC)[C@]12C(=O)C=CC(C)(C)[C@H]1CC=C[C@H]2C. The van der Waals surface area contributed by atoms with Crippen LogP contribution in [0, 0.1) is 17.3 Å². The molecule has 0 spiro atoms. The van der Waals surface area contributed by atoms with Gasteiger partial charge in [-0.1, -0.05) is 39.0 Å². The van der Waals surface area contributed by atoms with Gasteiger partial charge in [-0.3, -0.25) is 9.36 Å². The molecule has 0 saturated carbocycles. The van der Waals surface area contributed by atoms with Crippen molar-refractivity contribution < 1.29 is 18.4 Å². The van der Waals surface area contributed by atoms with Crippen molar-refractivity contribution >= 4 is 13.4 Å². The van der Waals surface area contributed by atoms with Crippen molar-refractivity contribution in [2.24, 2.45) is 17.3 Å². The average molecular weight is 326 g/mol. The summed E-state index contributed by atoms with van der Waals surface area (Å²) in [6.45, 7) is 10.2. The highest BCUT2D eigenvalue weighted by Gasteiger charge is 2.67. The quantitative estimate of drug-likeness (QED) is 0.556. The maximum absolute atomic E-state index is 13.7. The summed E-state index contributed by atoms with van der Waals surface area (Å²) in [6.07, 6.45) is 8.29. The fourth-order valence-corrected chi connectivity index (χ4v) is 6.97. The van der Waals surface area contributed by atoms with E-state index in [2.05, 4.69) is 19.9 Å². The van der Waals surface area contributed by atoms with Crippen LogP contribution < -0.4 is 0 Å². The minimum absolute atomic E-state index is 0.0959. The van der Waals surface area contributed by atoms with E-state index in [1.165, 1.54) is 0 Å². The van der Waals surface area contributed by atoms with Gasteiger partial charge in [0.25, 0.3) is 0 Å². The second-order valence-corrected chi connectivity index (χ2v) is 8.93. The topological polar surface area (TPSA) is 52.6 Å². The molecule has 0 aliphatic heterocycles. The molecule has 0 amide bonds. The molecule has 5 heteroatoms. The van der Waals surface area contributed by atoms with Gasteiger partial charge in [0.2, 0.25) is 0 Å². The summed E-state index contributed by atoms with van der Waals surface area (Å²) in [5, 5.41) is -1.12. The lowest BCUT2D eigenvalue weighted by Gasteiger charge is -2.53. The predicted octanol–water partition coefficient (Wildman–Crippen LogP) is 4.37. The Morgan fingerprint density at radius 3 is 2.41 bits per heavy atom. The fraction of sp³-hybridized carbons (Fsp3) is 0.706. The van der Waals surface area contributed by atoms with Gasteiger partial charge >= 0.3 is 7.60 Å². The van der Waals surface area contributed by atoms with Crippen LogP contribution in [-0.4, -0.2) is 24.2 Å². The summed E-state index contributed by atoms with van der Waals surface area (Å²) in [4.78, 5) is 13.0. The minimum atomic E-state index is -3.59. The van der Waals surface area contributed by atoms with Crippen LogP contribution in [0.3, 0.4) is 0 Å². The van der Waals surface area contributed by atoms with Gasteiger partial charge in [0, 0.05) is 0 Å². The Kier molecular flexibility index (Phi) is 4.87. The molecule has 124 valence electrons. The highest BCUT2D eigenvalue weighted by molar-refractivity contribution is 7.57. The van der Waals surface area contributed by atoms with E-state index in [9.17, 15) is 9.36 Å². The van der Waals surface area contributed by atoms with E-state index in [1.807, 2.05) is 19.1 Å². The first-order chi connectivity index (χ1) is 10.3. The molecule has 0 fully saturated rings. The molecular weight excluding hydrogens is 299 g/mol. The molecular formula is C17H27O4P. The first-order valence-corrected chi connectivity index (χ1v) is 9.60. The molecule has 0 aromatic heterocycles. The molecule has 0 bridgehead atoms. The molecule has 0 unspecified atom stereocenters. The number of hydrogen-bond acceptors (Lipinski definition) is 4. The van der Waals surface area contributed by atoms with Crippen LogP contribution >= 0.6 is 7.60 Å². The zero-order valence-corrected chi connectivity index (χ0v) is 15.1. The molecule has 0 aromatic rings. The lowest BCUT2D eigenvalue weighted by atomic mass is 9.59. The normalized spacial score (nSPS) is 33.8. The monoisotopic (exact) mass is 326 g/mol. The molecule has 4 nitrogen and oxygen atoms in total. The van der Waals surface area contributed by atoms with Crippen LogP contribution in [0.15, 0.2) is 24.3 Å². The Balaban J connectivity index is 2.71. The van der Waals surface area contributed by atoms with Gasteiger partial charge in [0.15, 0.2) is 5.78 Å². The fourth-order valence-electron chi connectivity index (χ4n) is 4.04. The number of fused-ring (bicyclic) bond motifs is 1. The summed E-state index contributed by atoms with van der Waals surface area (Å²) in [6, 6.07) is 0. The summed E-state index contributed by atoms with van der Waals surface area (Å²) in [5.74, 6) is -0.410. The standard InChI is InChI=1S/C17H27O4P/c1-6-20-22(19,21-7-2)17-13(3)9-8-10-14(17)16(4,5)12-11-15(17)18/h8-9,11-14H,6-7,10H2,1-5H3/t13-,14-,17+/m1/s1. The second kappa shape index (κ2) is 6.07. The average Bonchev–Trinajstić information content (AvgIpc) is 2.44. The van der Waals surface area contributed by atoms with Crippen molar-refractivity contribution in [2.75, 3.05) is 13.2 Å². The van der Waals surface area contributed by atoms with Crippen LogP contribution in [0.25, 0.3) is 0 Å². The highest BCUT2D eigenvalue weighted by Crippen LogP contribution is 2.71. The summed E-state index contributed by atoms with van der Waals surface area (Å²) < 4.78 is 25.0. The molecule has 22 heavy (non-hydrogen) atoms. The van der Waals surface area contributed by atoms with Crippen LogP contribution in [0.4, 0.5) is 0 Å². The molecule has 0 radical (unpaired) electrons. The molecule has 2 aliphatic carbocycles. The third-order valence-corrected chi connectivity index (χ3v) is 8.07. The third kappa shape index (κ3) is 2.36. The lowest BCUT2D eigenvalue weighted by molar-refractivity contribution is -0.122. The third-order valence-electron chi connectivity index (χ3n) is 5.03. The Hall–Kier alpha value is -0.700. The van der Waals surface area contributed by atoms with Crippen LogP contribution in [0.5, 0.6) is 0 Å². The van der Waals surface area contributed by atoms with Crippen molar-refractivity contribution in [3.05, 3.63) is 24.3 Å². The lowest BCUT2D eigenvalue weighted by Crippen LogP contribution is -2.57. The zero-order valence-electron chi connectivity index (χ0n) is 14.2. The van der Waals surface area contributed by atoms with E-state index in [4.69, 9.17) is 9.05 Å². The number of allylic oxidation sites excluding steroid dienone is 4. The van der Waals surface area contributed by atoms with Gasteiger partial charge in [-0.05, 0) is 43.6 Å². The van der Waals surface area contributed by atoms with Gasteiger partial charge in [-0.15, -0.1) is 0 Å². The van der Waals surface area contributed by atoms with Gasteiger partial charge in [-0.2, -0.15) is 0 Å². The largest absolute Gasteiger partial charge is 0.345 e. The van der Waals surface area contributed by atoms with E-state index >= 15 is 0 Å². The van der Waals surface area contributed by atoms with Crippen molar-refractivity contribution in [2.45, 2.75) is 46.2 Å². The Labute approximate surface area is 133 Å². The number of carbonyl (C=O) groups excluding carboxylic acids is 1. The maximum atomic E-state index is 13.7. The number of carbonyl (C=O) groups is 1. The minimum Gasteiger partial charge on any atom is -0.308 e. The highest BCUT2D eigenvalue weighted by atomic mass is 31.2.